The van der Waals surface area contributed by atoms with Gasteiger partial charge in [-0.25, -0.2) is 0 Å². The summed E-state index contributed by atoms with van der Waals surface area (Å²) < 4.78 is 0. The predicted molar refractivity (Wildman–Crippen MR) is 50.0 cm³/mol. The highest BCUT2D eigenvalue weighted by molar-refractivity contribution is 7.07. The zero-order chi connectivity index (χ0) is 9.42. The van der Waals surface area contributed by atoms with Crippen molar-refractivity contribution in [3.63, 3.8) is 0 Å². The number of hydrogen-bond acceptors (Lipinski definition) is 3. The van der Waals surface area contributed by atoms with Crippen molar-refractivity contribution in [2.45, 2.75) is 19.4 Å². The topological polar surface area (TPSA) is 62.0 Å². The normalized spacial score (nSPS) is 25.6. The van der Waals surface area contributed by atoms with Crippen molar-refractivity contribution in [2.24, 2.45) is 5.92 Å². The molecule has 13 heavy (non-hydrogen) atoms. The quantitative estimate of drug-likeness (QED) is 0.730. The fraction of sp³-hybridized carbons (Fsp3) is 0.500. The van der Waals surface area contributed by atoms with Crippen LogP contribution in [-0.2, 0) is 0 Å². The molecule has 0 radical (unpaired) electrons. The van der Waals surface area contributed by atoms with Gasteiger partial charge < -0.3 is 10.3 Å². The minimum atomic E-state index is -0.186. The fourth-order valence-electron chi connectivity index (χ4n) is 1.16. The van der Waals surface area contributed by atoms with Crippen molar-refractivity contribution in [1.82, 2.24) is 10.3 Å². The third kappa shape index (κ3) is 1.80. The van der Waals surface area contributed by atoms with Crippen LogP contribution in [0.3, 0.4) is 0 Å². The van der Waals surface area contributed by atoms with Crippen LogP contribution in [-0.4, -0.2) is 16.9 Å². The SMILES string of the molecule is CC1CC1NC(=O)c1csc(=O)[nH]1. The number of amides is 1. The highest BCUT2D eigenvalue weighted by Crippen LogP contribution is 2.29. The average Bonchev–Trinajstić information content (AvgIpc) is 2.62. The molecule has 1 aliphatic carbocycles. The lowest BCUT2D eigenvalue weighted by molar-refractivity contribution is 0.0945. The molecule has 4 nitrogen and oxygen atoms in total. The van der Waals surface area contributed by atoms with E-state index in [1.165, 1.54) is 0 Å². The molecule has 1 saturated carbocycles. The maximum absolute atomic E-state index is 11.4. The Morgan fingerprint density at radius 2 is 2.46 bits per heavy atom. The molecular formula is C8H10N2O2S. The average molecular weight is 198 g/mol. The summed E-state index contributed by atoms with van der Waals surface area (Å²) in [4.78, 5) is 24.4. The molecule has 70 valence electrons. The van der Waals surface area contributed by atoms with Crippen LogP contribution in [0, 0.1) is 5.92 Å². The summed E-state index contributed by atoms with van der Waals surface area (Å²) in [6.45, 7) is 2.08. The van der Waals surface area contributed by atoms with Crippen LogP contribution in [0.1, 0.15) is 23.8 Å². The number of carbonyl (C=O) groups is 1. The summed E-state index contributed by atoms with van der Waals surface area (Å²) in [6, 6.07) is 0.302. The van der Waals surface area contributed by atoms with Crippen molar-refractivity contribution in [3.8, 4) is 0 Å². The van der Waals surface area contributed by atoms with Gasteiger partial charge in [-0.1, -0.05) is 18.3 Å². The first-order valence-corrected chi connectivity index (χ1v) is 5.03. The summed E-state index contributed by atoms with van der Waals surface area (Å²) >= 11 is 1.01. The Morgan fingerprint density at radius 3 is 2.92 bits per heavy atom. The van der Waals surface area contributed by atoms with E-state index in [2.05, 4.69) is 17.2 Å². The van der Waals surface area contributed by atoms with Crippen LogP contribution in [0.5, 0.6) is 0 Å². The molecule has 2 atom stereocenters. The van der Waals surface area contributed by atoms with E-state index in [1.54, 1.807) is 5.38 Å². The van der Waals surface area contributed by atoms with Gasteiger partial charge in [0.25, 0.3) is 5.91 Å². The van der Waals surface area contributed by atoms with Gasteiger partial charge in [-0.2, -0.15) is 0 Å². The molecule has 1 aromatic heterocycles. The number of hydrogen-bond donors (Lipinski definition) is 2. The molecule has 0 aliphatic heterocycles. The van der Waals surface area contributed by atoms with Crippen LogP contribution < -0.4 is 10.2 Å². The van der Waals surface area contributed by atoms with Gasteiger partial charge in [-0.15, -0.1) is 0 Å². The third-order valence-electron chi connectivity index (χ3n) is 2.19. The molecule has 0 aromatic carbocycles. The Balaban J connectivity index is 2.01. The lowest BCUT2D eigenvalue weighted by Crippen LogP contribution is -2.27. The van der Waals surface area contributed by atoms with Gasteiger partial charge in [0.05, 0.1) is 0 Å². The monoisotopic (exact) mass is 198 g/mol. The van der Waals surface area contributed by atoms with Gasteiger partial charge in [0.2, 0.25) is 0 Å². The first kappa shape index (κ1) is 8.50. The summed E-state index contributed by atoms with van der Waals surface area (Å²) in [5, 5.41) is 4.38. The number of H-pyrrole nitrogens is 1. The second-order valence-corrected chi connectivity index (χ2v) is 4.20. The van der Waals surface area contributed by atoms with Crippen molar-refractivity contribution in [2.75, 3.05) is 0 Å². The molecule has 0 saturated heterocycles. The molecule has 1 fully saturated rings. The fourth-order valence-corrected chi connectivity index (χ4v) is 1.72. The van der Waals surface area contributed by atoms with Crippen LogP contribution in [0.4, 0.5) is 0 Å². The Kier molecular flexibility index (Phi) is 1.95. The molecule has 2 rings (SSSR count). The van der Waals surface area contributed by atoms with Gasteiger partial charge in [0.1, 0.15) is 5.69 Å². The Hall–Kier alpha value is -1.10. The number of rotatable bonds is 2. The smallest absolute Gasteiger partial charge is 0.305 e. The zero-order valence-electron chi connectivity index (χ0n) is 7.16. The molecule has 0 bridgehead atoms. The molecule has 0 spiro atoms. The molecule has 1 aliphatic rings. The highest BCUT2D eigenvalue weighted by Gasteiger charge is 2.34. The van der Waals surface area contributed by atoms with Gasteiger partial charge in [-0.05, 0) is 12.3 Å². The number of aromatic nitrogens is 1. The van der Waals surface area contributed by atoms with E-state index in [1.807, 2.05) is 0 Å². The van der Waals surface area contributed by atoms with E-state index in [0.29, 0.717) is 17.7 Å². The second-order valence-electron chi connectivity index (χ2n) is 3.35. The first-order chi connectivity index (χ1) is 6.16. The molecule has 2 N–H and O–H groups in total. The van der Waals surface area contributed by atoms with E-state index in [4.69, 9.17) is 0 Å². The molecule has 1 heterocycles. The summed E-state index contributed by atoms with van der Waals surface area (Å²) in [6.07, 6.45) is 1.04. The molecule has 1 amide bonds. The Labute approximate surface area is 79.0 Å². The number of nitrogens with one attached hydrogen (secondary N) is 2. The predicted octanol–water partition coefficient (Wildman–Crippen LogP) is 0.575. The van der Waals surface area contributed by atoms with E-state index in [0.717, 1.165) is 17.8 Å². The van der Waals surface area contributed by atoms with Crippen LogP contribution in [0.25, 0.3) is 0 Å². The number of thiazole rings is 1. The largest absolute Gasteiger partial charge is 0.348 e. The van der Waals surface area contributed by atoms with Gasteiger partial charge >= 0.3 is 4.87 Å². The van der Waals surface area contributed by atoms with E-state index >= 15 is 0 Å². The lowest BCUT2D eigenvalue weighted by atomic mass is 10.4. The maximum Gasteiger partial charge on any atom is 0.305 e. The van der Waals surface area contributed by atoms with Gasteiger partial charge in [0.15, 0.2) is 0 Å². The number of aromatic amines is 1. The number of carbonyl (C=O) groups excluding carboxylic acids is 1. The van der Waals surface area contributed by atoms with Crippen molar-refractivity contribution in [3.05, 3.63) is 20.7 Å². The van der Waals surface area contributed by atoms with E-state index in [-0.39, 0.29) is 10.8 Å². The minimum Gasteiger partial charge on any atom is -0.348 e. The van der Waals surface area contributed by atoms with E-state index in [9.17, 15) is 9.59 Å². The maximum atomic E-state index is 11.4. The van der Waals surface area contributed by atoms with Crippen molar-refractivity contribution in [1.29, 1.82) is 0 Å². The molecule has 5 heteroatoms. The van der Waals surface area contributed by atoms with Crippen molar-refractivity contribution >= 4 is 17.2 Å². The summed E-state index contributed by atoms with van der Waals surface area (Å²) in [5.74, 6) is 0.405. The highest BCUT2D eigenvalue weighted by atomic mass is 32.1. The molecule has 2 unspecified atom stereocenters. The van der Waals surface area contributed by atoms with Crippen LogP contribution >= 0.6 is 11.3 Å². The summed E-state index contributed by atoms with van der Waals surface area (Å²) in [7, 11) is 0. The Bertz CT molecular complexity index is 381. The Morgan fingerprint density at radius 1 is 1.77 bits per heavy atom. The minimum absolute atomic E-state index is 0.173. The molecule has 1 aromatic rings. The van der Waals surface area contributed by atoms with Crippen molar-refractivity contribution < 1.29 is 4.79 Å². The van der Waals surface area contributed by atoms with Gasteiger partial charge in [0, 0.05) is 11.4 Å². The third-order valence-corrected chi connectivity index (χ3v) is 2.86. The molecular weight excluding hydrogens is 188 g/mol. The van der Waals surface area contributed by atoms with Gasteiger partial charge in [-0.3, -0.25) is 9.59 Å². The zero-order valence-corrected chi connectivity index (χ0v) is 7.98. The lowest BCUT2D eigenvalue weighted by Gasteiger charge is -1.99. The van der Waals surface area contributed by atoms with Crippen LogP contribution in [0.15, 0.2) is 10.2 Å². The van der Waals surface area contributed by atoms with Crippen LogP contribution in [0.2, 0.25) is 0 Å². The summed E-state index contributed by atoms with van der Waals surface area (Å²) in [5.41, 5.74) is 0.370. The standard InChI is InChI=1S/C8H10N2O2S/c1-4-2-5(4)9-7(11)6-3-13-8(12)10-6/h3-5H,2H2,1H3,(H,9,11)(H,10,12). The second kappa shape index (κ2) is 2.99. The first-order valence-electron chi connectivity index (χ1n) is 4.15. The van der Waals surface area contributed by atoms with E-state index < -0.39 is 0 Å².